The SMILES string of the molecule is O=C1C=C(OCc2ccccc2)CCCC1. The number of ether oxygens (including phenoxy) is 1. The van der Waals surface area contributed by atoms with Crippen LogP contribution in [0.3, 0.4) is 0 Å². The molecule has 1 aliphatic carbocycles. The molecule has 1 aromatic rings. The zero-order chi connectivity index (χ0) is 11.2. The lowest BCUT2D eigenvalue weighted by atomic mass is 10.2. The van der Waals surface area contributed by atoms with Crippen molar-refractivity contribution in [3.8, 4) is 0 Å². The molecule has 2 rings (SSSR count). The van der Waals surface area contributed by atoms with Crippen LogP contribution < -0.4 is 0 Å². The first-order valence-electron chi connectivity index (χ1n) is 5.75. The Labute approximate surface area is 95.9 Å². The van der Waals surface area contributed by atoms with Gasteiger partial charge in [-0.1, -0.05) is 30.3 Å². The van der Waals surface area contributed by atoms with Crippen molar-refractivity contribution in [3.63, 3.8) is 0 Å². The van der Waals surface area contributed by atoms with Crippen LogP contribution in [0.25, 0.3) is 0 Å². The molecule has 0 radical (unpaired) electrons. The van der Waals surface area contributed by atoms with E-state index in [1.165, 1.54) is 0 Å². The van der Waals surface area contributed by atoms with E-state index in [-0.39, 0.29) is 5.78 Å². The van der Waals surface area contributed by atoms with Crippen molar-refractivity contribution >= 4 is 5.78 Å². The average molecular weight is 216 g/mol. The molecule has 0 heterocycles. The van der Waals surface area contributed by atoms with Gasteiger partial charge in [0.25, 0.3) is 0 Å². The molecule has 2 heteroatoms. The van der Waals surface area contributed by atoms with Crippen LogP contribution in [0.2, 0.25) is 0 Å². The highest BCUT2D eigenvalue weighted by molar-refractivity contribution is 5.90. The Bertz CT molecular complexity index is 379. The van der Waals surface area contributed by atoms with Gasteiger partial charge in [-0.2, -0.15) is 0 Å². The molecule has 1 aliphatic rings. The Morgan fingerprint density at radius 1 is 1.06 bits per heavy atom. The van der Waals surface area contributed by atoms with Crippen LogP contribution >= 0.6 is 0 Å². The first-order chi connectivity index (χ1) is 7.84. The van der Waals surface area contributed by atoms with Crippen LogP contribution in [0, 0.1) is 0 Å². The predicted octanol–water partition coefficient (Wildman–Crippen LogP) is 3.23. The molecule has 0 amide bonds. The van der Waals surface area contributed by atoms with E-state index in [1.54, 1.807) is 6.08 Å². The van der Waals surface area contributed by atoms with Crippen LogP contribution in [0.4, 0.5) is 0 Å². The van der Waals surface area contributed by atoms with E-state index in [4.69, 9.17) is 4.74 Å². The first kappa shape index (κ1) is 10.9. The predicted molar refractivity (Wildman–Crippen MR) is 62.8 cm³/mol. The summed E-state index contributed by atoms with van der Waals surface area (Å²) in [6, 6.07) is 10.0. The molecule has 0 saturated heterocycles. The Kier molecular flexibility index (Phi) is 3.76. The van der Waals surface area contributed by atoms with Crippen molar-refractivity contribution in [2.45, 2.75) is 32.3 Å². The van der Waals surface area contributed by atoms with Gasteiger partial charge < -0.3 is 4.74 Å². The first-order valence-corrected chi connectivity index (χ1v) is 5.75. The molecular weight excluding hydrogens is 200 g/mol. The number of hydrogen-bond donors (Lipinski definition) is 0. The summed E-state index contributed by atoms with van der Waals surface area (Å²) >= 11 is 0. The minimum Gasteiger partial charge on any atom is -0.493 e. The van der Waals surface area contributed by atoms with Gasteiger partial charge >= 0.3 is 0 Å². The number of hydrogen-bond acceptors (Lipinski definition) is 2. The monoisotopic (exact) mass is 216 g/mol. The molecule has 1 aromatic carbocycles. The molecule has 84 valence electrons. The number of rotatable bonds is 3. The zero-order valence-corrected chi connectivity index (χ0v) is 9.32. The fourth-order valence-corrected chi connectivity index (χ4v) is 1.79. The second-order valence-electron chi connectivity index (χ2n) is 4.06. The van der Waals surface area contributed by atoms with Crippen LogP contribution in [0.1, 0.15) is 31.2 Å². The fourth-order valence-electron chi connectivity index (χ4n) is 1.79. The highest BCUT2D eigenvalue weighted by Crippen LogP contribution is 2.17. The Morgan fingerprint density at radius 2 is 1.81 bits per heavy atom. The third-order valence-electron chi connectivity index (χ3n) is 2.69. The molecule has 0 aliphatic heterocycles. The average Bonchev–Trinajstić information content (AvgIpc) is 2.52. The normalized spacial score (nSPS) is 16.5. The summed E-state index contributed by atoms with van der Waals surface area (Å²) < 4.78 is 5.66. The molecule has 0 aromatic heterocycles. The van der Waals surface area contributed by atoms with Gasteiger partial charge in [-0.05, 0) is 18.4 Å². The Balaban J connectivity index is 1.92. The summed E-state index contributed by atoms with van der Waals surface area (Å²) in [7, 11) is 0. The summed E-state index contributed by atoms with van der Waals surface area (Å²) in [4.78, 5) is 11.3. The lowest BCUT2D eigenvalue weighted by Crippen LogP contribution is -1.95. The summed E-state index contributed by atoms with van der Waals surface area (Å²) in [6.07, 6.45) is 5.24. The zero-order valence-electron chi connectivity index (χ0n) is 9.32. The van der Waals surface area contributed by atoms with Gasteiger partial charge in [0.15, 0.2) is 5.78 Å². The molecule has 0 spiro atoms. The summed E-state index contributed by atoms with van der Waals surface area (Å²) in [5.41, 5.74) is 1.14. The molecule has 0 atom stereocenters. The molecule has 0 unspecified atom stereocenters. The molecule has 0 fully saturated rings. The maximum atomic E-state index is 11.3. The Hall–Kier alpha value is -1.57. The smallest absolute Gasteiger partial charge is 0.159 e. The van der Waals surface area contributed by atoms with Gasteiger partial charge in [-0.3, -0.25) is 4.79 Å². The van der Waals surface area contributed by atoms with Crippen molar-refractivity contribution in [2.75, 3.05) is 0 Å². The van der Waals surface area contributed by atoms with Gasteiger partial charge in [0.05, 0.1) is 5.76 Å². The van der Waals surface area contributed by atoms with Gasteiger partial charge in [-0.25, -0.2) is 0 Å². The van der Waals surface area contributed by atoms with Crippen molar-refractivity contribution in [3.05, 3.63) is 47.7 Å². The minimum absolute atomic E-state index is 0.195. The number of ketones is 1. The van der Waals surface area contributed by atoms with E-state index in [0.29, 0.717) is 13.0 Å². The molecule has 2 nitrogen and oxygen atoms in total. The maximum absolute atomic E-state index is 11.3. The van der Waals surface area contributed by atoms with E-state index < -0.39 is 0 Å². The largest absolute Gasteiger partial charge is 0.493 e. The second kappa shape index (κ2) is 5.50. The summed E-state index contributed by atoms with van der Waals surface area (Å²) in [5.74, 6) is 1.03. The number of carbonyl (C=O) groups excluding carboxylic acids is 1. The number of benzene rings is 1. The van der Waals surface area contributed by atoms with E-state index >= 15 is 0 Å². The molecular formula is C14H16O2. The van der Waals surface area contributed by atoms with E-state index in [1.807, 2.05) is 30.3 Å². The quantitative estimate of drug-likeness (QED) is 0.775. The highest BCUT2D eigenvalue weighted by Gasteiger charge is 2.09. The van der Waals surface area contributed by atoms with Crippen molar-refractivity contribution in [1.29, 1.82) is 0 Å². The third kappa shape index (κ3) is 3.23. The topological polar surface area (TPSA) is 26.3 Å². The van der Waals surface area contributed by atoms with Gasteiger partial charge in [0, 0.05) is 18.9 Å². The third-order valence-corrected chi connectivity index (χ3v) is 2.69. The van der Waals surface area contributed by atoms with Crippen LogP contribution in [0.5, 0.6) is 0 Å². The van der Waals surface area contributed by atoms with Crippen LogP contribution in [-0.2, 0) is 16.1 Å². The van der Waals surface area contributed by atoms with E-state index in [0.717, 1.165) is 30.6 Å². The standard InChI is InChI=1S/C14H16O2/c15-13-8-4-5-9-14(10-13)16-11-12-6-2-1-3-7-12/h1-3,6-7,10H,4-5,8-9,11H2. The molecule has 0 bridgehead atoms. The summed E-state index contributed by atoms with van der Waals surface area (Å²) in [6.45, 7) is 0.556. The number of allylic oxidation sites excluding steroid dienone is 2. The van der Waals surface area contributed by atoms with Crippen LogP contribution in [0.15, 0.2) is 42.2 Å². The van der Waals surface area contributed by atoms with Crippen molar-refractivity contribution in [2.24, 2.45) is 0 Å². The molecule has 16 heavy (non-hydrogen) atoms. The molecule has 0 N–H and O–H groups in total. The maximum Gasteiger partial charge on any atom is 0.159 e. The number of carbonyl (C=O) groups is 1. The lowest BCUT2D eigenvalue weighted by molar-refractivity contribution is -0.114. The second-order valence-corrected chi connectivity index (χ2v) is 4.06. The van der Waals surface area contributed by atoms with Crippen LogP contribution in [-0.4, -0.2) is 5.78 Å². The van der Waals surface area contributed by atoms with Crippen molar-refractivity contribution in [1.82, 2.24) is 0 Å². The van der Waals surface area contributed by atoms with Gasteiger partial charge in [-0.15, -0.1) is 0 Å². The van der Waals surface area contributed by atoms with E-state index in [2.05, 4.69) is 0 Å². The fraction of sp³-hybridized carbons (Fsp3) is 0.357. The minimum atomic E-state index is 0.195. The Morgan fingerprint density at radius 3 is 2.62 bits per heavy atom. The van der Waals surface area contributed by atoms with Gasteiger partial charge in [0.1, 0.15) is 6.61 Å². The summed E-state index contributed by atoms with van der Waals surface area (Å²) in [5, 5.41) is 0. The lowest BCUT2D eigenvalue weighted by Gasteiger charge is -2.08. The van der Waals surface area contributed by atoms with Gasteiger partial charge in [0.2, 0.25) is 0 Å². The van der Waals surface area contributed by atoms with E-state index in [9.17, 15) is 4.79 Å². The molecule has 0 saturated carbocycles. The van der Waals surface area contributed by atoms with Crippen molar-refractivity contribution < 1.29 is 9.53 Å². The highest BCUT2D eigenvalue weighted by atomic mass is 16.5.